The van der Waals surface area contributed by atoms with Crippen LogP contribution in [0.3, 0.4) is 0 Å². The summed E-state index contributed by atoms with van der Waals surface area (Å²) in [5.41, 5.74) is 23.2. The van der Waals surface area contributed by atoms with Crippen LogP contribution in [0, 0.1) is 17.5 Å². The molecule has 3 amide bonds. The summed E-state index contributed by atoms with van der Waals surface area (Å²) in [5.74, 6) is 0.657. The topological polar surface area (TPSA) is 279 Å². The second-order valence-electron chi connectivity index (χ2n) is 26.6. The Labute approximate surface area is 594 Å². The fourth-order valence-corrected chi connectivity index (χ4v) is 14.2. The van der Waals surface area contributed by atoms with Crippen LogP contribution in [0.25, 0.3) is 50.7 Å². The summed E-state index contributed by atoms with van der Waals surface area (Å²) in [7, 11) is 7.87. The van der Waals surface area contributed by atoms with E-state index >= 15 is 0 Å². The second-order valence-corrected chi connectivity index (χ2v) is 26.6. The zero-order valence-corrected chi connectivity index (χ0v) is 57.2. The van der Waals surface area contributed by atoms with Crippen molar-refractivity contribution in [2.45, 2.75) is 70.3 Å². The first kappa shape index (κ1) is 68.1. The number of fused-ring (bicyclic) bond motifs is 6. The molecule has 9 aromatic heterocycles. The highest BCUT2D eigenvalue weighted by Crippen LogP contribution is 2.40. The van der Waals surface area contributed by atoms with Crippen molar-refractivity contribution >= 4 is 74.9 Å². The minimum absolute atomic E-state index is 0.135. The van der Waals surface area contributed by atoms with Crippen molar-refractivity contribution in [2.75, 3.05) is 75.3 Å². The van der Waals surface area contributed by atoms with E-state index in [2.05, 4.69) is 51.8 Å². The van der Waals surface area contributed by atoms with Crippen molar-refractivity contribution in [3.8, 4) is 33.8 Å². The van der Waals surface area contributed by atoms with Gasteiger partial charge in [-0.25, -0.2) is 47.5 Å². The lowest BCUT2D eigenvalue weighted by Gasteiger charge is -2.35. The van der Waals surface area contributed by atoms with Crippen molar-refractivity contribution < 1.29 is 41.8 Å². The minimum atomic E-state index is -1.22. The van der Waals surface area contributed by atoms with Crippen LogP contribution in [0.15, 0.2) is 152 Å². The molecular weight excluding hydrogens is 1330 g/mol. The highest BCUT2D eigenvalue weighted by molar-refractivity contribution is 6.08. The normalized spacial score (nSPS) is 16.6. The maximum Gasteiger partial charge on any atom is 0.254 e. The third-order valence-electron chi connectivity index (χ3n) is 19.1. The Kier molecular flexibility index (Phi) is 18.7. The molecule has 3 aromatic carbocycles. The number of aliphatic hydroxyl groups is 1. The maximum atomic E-state index is 13.9. The van der Waals surface area contributed by atoms with Crippen LogP contribution in [0.1, 0.15) is 89.2 Å². The second kappa shape index (κ2) is 28.6. The van der Waals surface area contributed by atoms with Gasteiger partial charge in [-0.1, -0.05) is 30.3 Å². The number of β-amino-alcohol motifs (C(OH)–C–C–N with tert-alkyl or cyclic N) is 1. The number of hydrogen-bond acceptors (Lipinski definition) is 18. The van der Waals surface area contributed by atoms with Crippen molar-refractivity contribution in [3.05, 3.63) is 226 Å². The molecule has 5 aliphatic heterocycles. The average molecular weight is 1410 g/mol. The van der Waals surface area contributed by atoms with Gasteiger partial charge in [0, 0.05) is 118 Å². The summed E-state index contributed by atoms with van der Waals surface area (Å²) in [6.07, 6.45) is 8.97. The number of aliphatic hydroxyl groups excluding tert-OH is 1. The molecule has 2 saturated heterocycles. The number of nitrogens with two attached hydrogens (primary N) is 1. The number of carbonyl (C=O) groups is 3. The predicted molar refractivity (Wildman–Crippen MR) is 386 cm³/mol. The van der Waals surface area contributed by atoms with Crippen molar-refractivity contribution in [1.82, 2.24) is 68.9 Å². The number of anilines is 7. The smallest absolute Gasteiger partial charge is 0.254 e. The number of ether oxygens (including phenoxy) is 1. The Balaban J connectivity index is 0.000000126. The van der Waals surface area contributed by atoms with Gasteiger partial charge in [0.25, 0.3) is 17.7 Å². The van der Waals surface area contributed by atoms with E-state index in [0.29, 0.717) is 120 Å². The van der Waals surface area contributed by atoms with Gasteiger partial charge >= 0.3 is 0 Å². The summed E-state index contributed by atoms with van der Waals surface area (Å²) in [5, 5.41) is 28.8. The molecule has 9 N–H and O–H groups in total. The minimum Gasteiger partial charge on any atom is -0.388 e. The molecule has 104 heavy (non-hydrogen) atoms. The molecular formula is C76H73F4N19O5. The van der Waals surface area contributed by atoms with E-state index in [1.807, 2.05) is 131 Å². The quantitative estimate of drug-likeness (QED) is 0.0418. The lowest BCUT2D eigenvalue weighted by Crippen LogP contribution is -2.45. The average Bonchev–Trinajstić information content (AvgIpc) is 1.60. The number of imidazole rings is 3. The number of alkyl halides is 1. The maximum absolute atomic E-state index is 13.9. The molecule has 1 unspecified atom stereocenters. The van der Waals surface area contributed by atoms with Gasteiger partial charge in [0.05, 0.1) is 98.8 Å². The summed E-state index contributed by atoms with van der Waals surface area (Å²) >= 11 is 0. The fraction of sp³-hybridized carbons (Fsp3) is 0.250. The zero-order chi connectivity index (χ0) is 72.0. The Hall–Kier alpha value is -11.7. The molecule has 24 nitrogen and oxygen atoms in total. The van der Waals surface area contributed by atoms with Gasteiger partial charge in [-0.3, -0.25) is 27.6 Å². The zero-order valence-electron chi connectivity index (χ0n) is 57.2. The molecule has 28 heteroatoms. The molecule has 0 spiro atoms. The standard InChI is InChI=1S/C28H29F2N7O2.C25H23FN6O2.C23H21FN6O/c1-35(2)14-21-22(36-9-8-19(30)24(38)15-36)5-6-25(34-21)33-20-4-3-17(18-12-32-28(39)27(18)20)23-13-31-26-11-16(29)7-10-37(23)26;26-15-5-7-32-21(12-28-23(32)9-15)17-1-3-19(24-18(17)11-29-25(24)33)30-22-4-2-16(20(10-27)31-22)14-6-8-34-13-14;1-29(2)13-15-4-3-5-20(27-15)28-18-7-6-16(17-11-26-23(31)22(17)18)19-12-25-21-10-14(24)8-9-30(19)21/h3-7,10-11,13,19,24,38H,8-9,12,14-15H2,1-2H3,(H,32,39)(H,33,34);1-5,7,9,12,14H,6,8,10-11,13,27H2,(H,29,33)(H,30,31);3-10,12H,11,13H2,1-2H3,(H,26,31)(H,27,28)/t19-,24-;;/m0../s1. The Morgan fingerprint density at radius 2 is 1.03 bits per heavy atom. The monoisotopic (exact) mass is 1410 g/mol. The van der Waals surface area contributed by atoms with E-state index in [9.17, 15) is 37.1 Å². The molecule has 3 atom stereocenters. The largest absolute Gasteiger partial charge is 0.388 e. The van der Waals surface area contributed by atoms with Gasteiger partial charge in [0.15, 0.2) is 0 Å². The first-order chi connectivity index (χ1) is 50.4. The Morgan fingerprint density at radius 1 is 0.567 bits per heavy atom. The number of benzene rings is 3. The van der Waals surface area contributed by atoms with Crippen LogP contribution < -0.4 is 42.5 Å². The fourth-order valence-electron chi connectivity index (χ4n) is 14.2. The number of halogens is 4. The van der Waals surface area contributed by atoms with Gasteiger partial charge in [-0.15, -0.1) is 0 Å². The van der Waals surface area contributed by atoms with Gasteiger partial charge in [-0.2, -0.15) is 0 Å². The lowest BCUT2D eigenvalue weighted by molar-refractivity contribution is 0.0644. The molecule has 0 saturated carbocycles. The van der Waals surface area contributed by atoms with Crippen LogP contribution in [0.5, 0.6) is 0 Å². The summed E-state index contributed by atoms with van der Waals surface area (Å²) < 4.78 is 65.7. The number of pyridine rings is 6. The highest BCUT2D eigenvalue weighted by atomic mass is 19.1. The number of piperidine rings is 1. The van der Waals surface area contributed by atoms with Crippen LogP contribution in [-0.4, -0.2) is 143 Å². The van der Waals surface area contributed by atoms with E-state index in [4.69, 9.17) is 20.4 Å². The number of aromatic nitrogens is 9. The number of carbonyl (C=O) groups excluding carboxylic acids is 3. The molecule has 530 valence electrons. The van der Waals surface area contributed by atoms with E-state index in [1.165, 1.54) is 36.4 Å². The predicted octanol–water partition coefficient (Wildman–Crippen LogP) is 10.6. The molecule has 17 rings (SSSR count). The van der Waals surface area contributed by atoms with E-state index in [0.717, 1.165) is 98.4 Å². The van der Waals surface area contributed by atoms with E-state index in [1.54, 1.807) is 41.6 Å². The molecule has 5 aliphatic rings. The molecule has 2 fully saturated rings. The lowest BCUT2D eigenvalue weighted by atomic mass is 9.96. The first-order valence-corrected chi connectivity index (χ1v) is 34.0. The van der Waals surface area contributed by atoms with Crippen LogP contribution >= 0.6 is 0 Å². The number of nitrogens with zero attached hydrogens (tertiary/aromatic N) is 12. The number of rotatable bonds is 16. The van der Waals surface area contributed by atoms with Gasteiger partial charge in [-0.05, 0) is 130 Å². The summed E-state index contributed by atoms with van der Waals surface area (Å²) in [4.78, 5) is 71.6. The van der Waals surface area contributed by atoms with Gasteiger partial charge < -0.3 is 62.2 Å². The van der Waals surface area contributed by atoms with Crippen molar-refractivity contribution in [3.63, 3.8) is 0 Å². The molecule has 14 heterocycles. The number of amides is 3. The summed E-state index contributed by atoms with van der Waals surface area (Å²) in [6, 6.07) is 33.2. The van der Waals surface area contributed by atoms with Crippen LogP contribution in [0.2, 0.25) is 0 Å². The van der Waals surface area contributed by atoms with Crippen molar-refractivity contribution in [1.29, 1.82) is 0 Å². The Bertz CT molecular complexity index is 5340. The molecule has 12 aromatic rings. The number of nitrogens with one attached hydrogen (secondary N) is 6. The van der Waals surface area contributed by atoms with Gasteiger partial charge in [0.1, 0.15) is 64.1 Å². The van der Waals surface area contributed by atoms with E-state index < -0.39 is 12.3 Å². The van der Waals surface area contributed by atoms with E-state index in [-0.39, 0.29) is 48.1 Å². The van der Waals surface area contributed by atoms with Gasteiger partial charge in [0.2, 0.25) is 0 Å². The van der Waals surface area contributed by atoms with Crippen LogP contribution in [0.4, 0.5) is 57.8 Å². The highest BCUT2D eigenvalue weighted by Gasteiger charge is 2.33. The molecule has 0 radical (unpaired) electrons. The summed E-state index contributed by atoms with van der Waals surface area (Å²) in [6.45, 7) is 4.92. The third-order valence-corrected chi connectivity index (χ3v) is 19.1. The molecule has 0 bridgehead atoms. The van der Waals surface area contributed by atoms with Crippen LogP contribution in [-0.2, 0) is 44.0 Å². The molecule has 0 aliphatic carbocycles. The van der Waals surface area contributed by atoms with Crippen molar-refractivity contribution in [2.24, 2.45) is 5.73 Å². The Morgan fingerprint density at radius 3 is 1.47 bits per heavy atom. The first-order valence-electron chi connectivity index (χ1n) is 34.0. The SMILES string of the molecule is CN(C)Cc1cccc(Nc2ccc(-c3cnc4cc(F)ccn34)c3c2C(=O)NC3)n1.CN(C)Cc1nc(Nc2ccc(-c3cnc4cc(F)ccn34)c3c2C(=O)NC3)ccc1N1CC[C@H](F)[C@@H](O)C1.NCc1nc(Nc2ccc(-c3cnc4cc(F)ccn34)c3c2C(=O)NC3)ccc1C1CCOC1. The third kappa shape index (κ3) is 13.6. The number of hydrogen-bond donors (Lipinski definition) is 8.